The number of thiocarbonyl (C=S) groups is 1. The maximum atomic E-state index is 13.7. The zero-order valence-electron chi connectivity index (χ0n) is 11.3. The molecule has 0 radical (unpaired) electrons. The summed E-state index contributed by atoms with van der Waals surface area (Å²) < 4.78 is 15.1. The van der Waals surface area contributed by atoms with Crippen molar-refractivity contribution in [1.29, 1.82) is 0 Å². The third-order valence-electron chi connectivity index (χ3n) is 2.94. The van der Waals surface area contributed by atoms with Crippen molar-refractivity contribution in [2.75, 3.05) is 5.43 Å². The standard InChI is InChI=1S/C14H15FN4OS/c1-9(10-5-2-3-6-11(10)15)17-14(21)18-19-8-4-7-12(19)13(16)20/h2-9H,1H3,(H2,16,20)(H2,17,18,21). The van der Waals surface area contributed by atoms with Crippen LogP contribution in [0.2, 0.25) is 0 Å². The number of benzene rings is 1. The van der Waals surface area contributed by atoms with Gasteiger partial charge in [0.1, 0.15) is 11.5 Å². The number of nitrogens with zero attached hydrogens (tertiary/aromatic N) is 1. The molecule has 1 amide bonds. The van der Waals surface area contributed by atoms with Crippen molar-refractivity contribution in [3.63, 3.8) is 0 Å². The lowest BCUT2D eigenvalue weighted by molar-refractivity contribution is 0.0993. The zero-order chi connectivity index (χ0) is 15.4. The van der Waals surface area contributed by atoms with E-state index in [9.17, 15) is 9.18 Å². The molecule has 0 aliphatic heterocycles. The summed E-state index contributed by atoms with van der Waals surface area (Å²) in [5, 5.41) is 3.20. The minimum absolute atomic E-state index is 0.254. The summed E-state index contributed by atoms with van der Waals surface area (Å²) >= 11 is 5.15. The molecule has 4 N–H and O–H groups in total. The first-order valence-electron chi connectivity index (χ1n) is 6.28. The van der Waals surface area contributed by atoms with Gasteiger partial charge in [-0.25, -0.2) is 4.39 Å². The highest BCUT2D eigenvalue weighted by Crippen LogP contribution is 2.15. The molecule has 0 aliphatic carbocycles. The molecule has 1 atom stereocenters. The van der Waals surface area contributed by atoms with Gasteiger partial charge in [-0.3, -0.25) is 14.9 Å². The van der Waals surface area contributed by atoms with Crippen molar-refractivity contribution >= 4 is 23.2 Å². The summed E-state index contributed by atoms with van der Waals surface area (Å²) in [6, 6.07) is 9.36. The summed E-state index contributed by atoms with van der Waals surface area (Å²) in [7, 11) is 0. The van der Waals surface area contributed by atoms with Gasteiger partial charge in [0, 0.05) is 11.8 Å². The van der Waals surface area contributed by atoms with E-state index in [1.54, 1.807) is 43.5 Å². The summed E-state index contributed by atoms with van der Waals surface area (Å²) in [5.41, 5.74) is 8.82. The lowest BCUT2D eigenvalue weighted by atomic mass is 10.1. The topological polar surface area (TPSA) is 72.1 Å². The van der Waals surface area contributed by atoms with Crippen LogP contribution in [0.4, 0.5) is 4.39 Å². The van der Waals surface area contributed by atoms with Gasteiger partial charge >= 0.3 is 0 Å². The number of hydrogen-bond acceptors (Lipinski definition) is 2. The van der Waals surface area contributed by atoms with Crippen LogP contribution in [0.15, 0.2) is 42.6 Å². The predicted octanol–water partition coefficient (Wildman–Crippen LogP) is 1.91. The van der Waals surface area contributed by atoms with Crippen LogP contribution >= 0.6 is 12.2 Å². The van der Waals surface area contributed by atoms with Crippen LogP contribution in [-0.4, -0.2) is 15.7 Å². The van der Waals surface area contributed by atoms with Gasteiger partial charge in [0.25, 0.3) is 5.91 Å². The fraction of sp³-hybridized carbons (Fsp3) is 0.143. The number of nitrogens with one attached hydrogen (secondary N) is 2. The Morgan fingerprint density at radius 3 is 2.71 bits per heavy atom. The Labute approximate surface area is 126 Å². The number of carbonyl (C=O) groups excluding carboxylic acids is 1. The molecule has 110 valence electrons. The Morgan fingerprint density at radius 2 is 2.05 bits per heavy atom. The van der Waals surface area contributed by atoms with Crippen LogP contribution in [0.5, 0.6) is 0 Å². The highest BCUT2D eigenvalue weighted by molar-refractivity contribution is 7.80. The second-order valence-electron chi connectivity index (χ2n) is 4.46. The number of carbonyl (C=O) groups is 1. The summed E-state index contributed by atoms with van der Waals surface area (Å²) in [6.07, 6.45) is 1.61. The monoisotopic (exact) mass is 306 g/mol. The fourth-order valence-electron chi connectivity index (χ4n) is 1.92. The van der Waals surface area contributed by atoms with Gasteiger partial charge in [0.05, 0.1) is 6.04 Å². The molecule has 0 fully saturated rings. The van der Waals surface area contributed by atoms with Crippen molar-refractivity contribution < 1.29 is 9.18 Å². The van der Waals surface area contributed by atoms with Crippen molar-refractivity contribution in [3.05, 3.63) is 59.7 Å². The number of aromatic nitrogens is 1. The van der Waals surface area contributed by atoms with Crippen LogP contribution in [0.25, 0.3) is 0 Å². The van der Waals surface area contributed by atoms with Gasteiger partial charge in [-0.05, 0) is 37.3 Å². The number of rotatable bonds is 4. The average molecular weight is 306 g/mol. The minimum atomic E-state index is -0.572. The van der Waals surface area contributed by atoms with Gasteiger partial charge < -0.3 is 11.1 Å². The lowest BCUT2D eigenvalue weighted by Gasteiger charge is -2.19. The molecule has 2 aromatic rings. The molecule has 1 unspecified atom stereocenters. The first-order chi connectivity index (χ1) is 9.99. The highest BCUT2D eigenvalue weighted by Gasteiger charge is 2.12. The molecule has 0 saturated carbocycles. The van der Waals surface area contributed by atoms with E-state index >= 15 is 0 Å². The zero-order valence-corrected chi connectivity index (χ0v) is 12.2. The molecule has 0 aliphatic rings. The molecule has 7 heteroatoms. The second-order valence-corrected chi connectivity index (χ2v) is 4.86. The second kappa shape index (κ2) is 6.36. The Bertz CT molecular complexity index is 670. The largest absolute Gasteiger partial charge is 0.364 e. The number of hydrogen-bond donors (Lipinski definition) is 3. The minimum Gasteiger partial charge on any atom is -0.364 e. The SMILES string of the molecule is CC(NC(=S)Nn1cccc1C(N)=O)c1ccccc1F. The fourth-order valence-corrected chi connectivity index (χ4v) is 2.20. The van der Waals surface area contributed by atoms with E-state index in [1.807, 2.05) is 0 Å². The van der Waals surface area contributed by atoms with E-state index in [0.717, 1.165) is 0 Å². The highest BCUT2D eigenvalue weighted by atomic mass is 32.1. The Hall–Kier alpha value is -2.41. The van der Waals surface area contributed by atoms with Crippen LogP contribution in [0, 0.1) is 5.82 Å². The Balaban J connectivity index is 2.03. The van der Waals surface area contributed by atoms with Crippen molar-refractivity contribution in [3.8, 4) is 0 Å². The number of primary amides is 1. The van der Waals surface area contributed by atoms with E-state index in [-0.39, 0.29) is 22.7 Å². The molecule has 0 bridgehead atoms. The quantitative estimate of drug-likeness (QED) is 0.755. The molecular formula is C14H15FN4OS. The van der Waals surface area contributed by atoms with Crippen LogP contribution in [-0.2, 0) is 0 Å². The van der Waals surface area contributed by atoms with Crippen LogP contribution in [0.3, 0.4) is 0 Å². The molecule has 5 nitrogen and oxygen atoms in total. The van der Waals surface area contributed by atoms with E-state index in [0.29, 0.717) is 5.56 Å². The number of nitrogens with two attached hydrogens (primary N) is 1. The third-order valence-corrected chi connectivity index (χ3v) is 3.15. The van der Waals surface area contributed by atoms with Gasteiger partial charge in [-0.2, -0.15) is 0 Å². The van der Waals surface area contributed by atoms with Gasteiger partial charge in [0.2, 0.25) is 0 Å². The molecule has 21 heavy (non-hydrogen) atoms. The normalized spacial score (nSPS) is 11.7. The summed E-state index contributed by atoms with van der Waals surface area (Å²) in [4.78, 5) is 11.2. The molecule has 0 saturated heterocycles. The maximum absolute atomic E-state index is 13.7. The molecule has 1 aromatic carbocycles. The Kier molecular flexibility index (Phi) is 4.54. The maximum Gasteiger partial charge on any atom is 0.267 e. The first kappa shape index (κ1) is 15.0. The first-order valence-corrected chi connectivity index (χ1v) is 6.69. The number of halogens is 1. The van der Waals surface area contributed by atoms with Gasteiger partial charge in [-0.1, -0.05) is 18.2 Å². The van der Waals surface area contributed by atoms with Crippen LogP contribution < -0.4 is 16.5 Å². The van der Waals surface area contributed by atoms with Crippen molar-refractivity contribution in [2.24, 2.45) is 5.73 Å². The lowest BCUT2D eigenvalue weighted by Crippen LogP contribution is -2.37. The number of amides is 1. The van der Waals surface area contributed by atoms with E-state index < -0.39 is 5.91 Å². The van der Waals surface area contributed by atoms with E-state index in [2.05, 4.69) is 10.7 Å². The van der Waals surface area contributed by atoms with Crippen molar-refractivity contribution in [2.45, 2.75) is 13.0 Å². The Morgan fingerprint density at radius 1 is 1.33 bits per heavy atom. The van der Waals surface area contributed by atoms with E-state index in [1.165, 1.54) is 10.7 Å². The smallest absolute Gasteiger partial charge is 0.267 e. The molecule has 2 rings (SSSR count). The summed E-state index contributed by atoms with van der Waals surface area (Å²) in [6.45, 7) is 1.79. The van der Waals surface area contributed by atoms with Crippen molar-refractivity contribution in [1.82, 2.24) is 9.99 Å². The third kappa shape index (κ3) is 3.57. The summed E-state index contributed by atoms with van der Waals surface area (Å²) in [5.74, 6) is -0.878. The molecule has 1 aromatic heterocycles. The predicted molar refractivity (Wildman–Crippen MR) is 82.9 cm³/mol. The van der Waals surface area contributed by atoms with Crippen LogP contribution in [0.1, 0.15) is 29.0 Å². The molecule has 1 heterocycles. The average Bonchev–Trinajstić information content (AvgIpc) is 2.87. The van der Waals surface area contributed by atoms with Gasteiger partial charge in [-0.15, -0.1) is 0 Å². The van der Waals surface area contributed by atoms with E-state index in [4.69, 9.17) is 18.0 Å². The molecular weight excluding hydrogens is 291 g/mol. The van der Waals surface area contributed by atoms with Gasteiger partial charge in [0.15, 0.2) is 5.11 Å². The molecule has 0 spiro atoms.